The summed E-state index contributed by atoms with van der Waals surface area (Å²) in [6, 6.07) is 8.19. The molecule has 0 bridgehead atoms. The van der Waals surface area contributed by atoms with Gasteiger partial charge in [-0.15, -0.1) is 12.4 Å². The molecule has 1 aromatic heterocycles. The van der Waals surface area contributed by atoms with Gasteiger partial charge < -0.3 is 21.3 Å². The number of halogens is 2. The van der Waals surface area contributed by atoms with Gasteiger partial charge in [0.2, 0.25) is 5.91 Å². The second-order valence-corrected chi connectivity index (χ2v) is 10.3. The van der Waals surface area contributed by atoms with E-state index in [0.717, 1.165) is 12.1 Å². The molecule has 2 aliphatic heterocycles. The van der Waals surface area contributed by atoms with Gasteiger partial charge in [0.15, 0.2) is 0 Å². The third-order valence-electron chi connectivity index (χ3n) is 6.74. The van der Waals surface area contributed by atoms with E-state index >= 15 is 0 Å². The summed E-state index contributed by atoms with van der Waals surface area (Å²) in [4.78, 5) is 46.9. The number of carbonyl (C=O) groups excluding carboxylic acids is 2. The molecule has 208 valence electrons. The van der Waals surface area contributed by atoms with Crippen LogP contribution in [0, 0.1) is 0 Å². The van der Waals surface area contributed by atoms with Crippen LogP contribution in [0.5, 0.6) is 0 Å². The lowest BCUT2D eigenvalue weighted by Crippen LogP contribution is -2.58. The van der Waals surface area contributed by atoms with Crippen LogP contribution in [0.1, 0.15) is 25.8 Å². The Morgan fingerprint density at radius 3 is 2.29 bits per heavy atom. The van der Waals surface area contributed by atoms with Gasteiger partial charge in [-0.2, -0.15) is 4.98 Å². The van der Waals surface area contributed by atoms with E-state index in [2.05, 4.69) is 10.3 Å². The fourth-order valence-corrected chi connectivity index (χ4v) is 4.53. The molecule has 2 fully saturated rings. The highest BCUT2D eigenvalue weighted by molar-refractivity contribution is 5.89. The van der Waals surface area contributed by atoms with Crippen molar-refractivity contribution in [2.45, 2.75) is 44.6 Å². The molecule has 2 aliphatic rings. The number of rotatable bonds is 5. The first-order valence-electron chi connectivity index (χ1n) is 12.5. The molecule has 3 amide bonds. The molecule has 2 saturated heterocycles. The molecule has 38 heavy (non-hydrogen) atoms. The van der Waals surface area contributed by atoms with Crippen LogP contribution in [0.15, 0.2) is 41.3 Å². The molecular weight excluding hydrogens is 515 g/mol. The molecule has 13 heteroatoms. The predicted octanol–water partition coefficient (Wildman–Crippen LogP) is 0.939. The van der Waals surface area contributed by atoms with Crippen molar-refractivity contribution in [3.05, 3.63) is 52.6 Å². The van der Waals surface area contributed by atoms with Gasteiger partial charge in [0.05, 0.1) is 11.2 Å². The Morgan fingerprint density at radius 1 is 1.08 bits per heavy atom. The number of alkyl halides is 1. The normalized spacial score (nSPS) is 20.6. The number of hydrogen-bond acceptors (Lipinski definition) is 7. The molecule has 5 N–H and O–H groups in total. The van der Waals surface area contributed by atoms with Crippen LogP contribution in [-0.4, -0.2) is 93.2 Å². The molecule has 0 radical (unpaired) electrons. The number of likely N-dealkylation sites (tertiary alicyclic amines) is 1. The van der Waals surface area contributed by atoms with E-state index in [4.69, 9.17) is 11.5 Å². The van der Waals surface area contributed by atoms with Crippen LogP contribution in [0.4, 0.5) is 15.0 Å². The van der Waals surface area contributed by atoms with E-state index < -0.39 is 23.4 Å². The number of anilines is 1. The Bertz CT molecular complexity index is 1180. The van der Waals surface area contributed by atoms with Crippen LogP contribution in [0.3, 0.4) is 0 Å². The third-order valence-corrected chi connectivity index (χ3v) is 6.74. The van der Waals surface area contributed by atoms with Gasteiger partial charge in [0, 0.05) is 58.1 Å². The summed E-state index contributed by atoms with van der Waals surface area (Å²) in [5, 5.41) is 2.66. The number of aromatic nitrogens is 2. The standard InChI is InChI=1S/C25H35FN8O3.ClH/c1-25(2,28)22(35)32-11-13-33(14-12-32)23(36)29-21-8-10-34(24(37)30-21)18-5-3-17(4-6-18)15-31-9-7-20(27)19(26)16-31;/h3-6,8,10,19-20H,7,9,11-16,27-28H2,1-2H3,(H,29,30,36,37);1H. The van der Waals surface area contributed by atoms with Crippen LogP contribution in [0.25, 0.3) is 5.69 Å². The average molecular weight is 551 g/mol. The molecule has 0 aliphatic carbocycles. The van der Waals surface area contributed by atoms with Crippen LogP contribution in [0.2, 0.25) is 0 Å². The first-order valence-corrected chi connectivity index (χ1v) is 12.5. The molecular formula is C25H36ClFN8O3. The Hall–Kier alpha value is -3.06. The van der Waals surface area contributed by atoms with Crippen molar-refractivity contribution < 1.29 is 14.0 Å². The Morgan fingerprint density at radius 2 is 1.71 bits per heavy atom. The zero-order valence-electron chi connectivity index (χ0n) is 21.7. The quantitative estimate of drug-likeness (QED) is 0.502. The number of carbonyl (C=O) groups is 2. The number of amides is 3. The fraction of sp³-hybridized carbons (Fsp3) is 0.520. The number of nitrogens with two attached hydrogens (primary N) is 2. The molecule has 2 atom stereocenters. The second kappa shape index (κ2) is 12.2. The van der Waals surface area contributed by atoms with Gasteiger partial charge in [-0.25, -0.2) is 14.0 Å². The summed E-state index contributed by atoms with van der Waals surface area (Å²) in [5.41, 5.74) is 11.8. The number of benzene rings is 1. The van der Waals surface area contributed by atoms with Crippen molar-refractivity contribution in [3.8, 4) is 5.69 Å². The molecule has 11 nitrogen and oxygen atoms in total. The monoisotopic (exact) mass is 550 g/mol. The molecule has 3 heterocycles. The van der Waals surface area contributed by atoms with Crippen molar-refractivity contribution >= 4 is 30.2 Å². The minimum Gasteiger partial charge on any atom is -0.338 e. The highest BCUT2D eigenvalue weighted by Crippen LogP contribution is 2.17. The lowest BCUT2D eigenvalue weighted by atomic mass is 10.0. The number of hydrogen-bond donors (Lipinski definition) is 3. The van der Waals surface area contributed by atoms with E-state index in [9.17, 15) is 18.8 Å². The highest BCUT2D eigenvalue weighted by Gasteiger charge is 2.31. The summed E-state index contributed by atoms with van der Waals surface area (Å²) >= 11 is 0. The minimum absolute atomic E-state index is 0. The minimum atomic E-state index is -1.02. The van der Waals surface area contributed by atoms with Gasteiger partial charge in [0.25, 0.3) is 0 Å². The summed E-state index contributed by atoms with van der Waals surface area (Å²) in [6.45, 7) is 6.47. The van der Waals surface area contributed by atoms with E-state index in [0.29, 0.717) is 51.4 Å². The number of piperidine rings is 1. The predicted molar refractivity (Wildman–Crippen MR) is 145 cm³/mol. The maximum atomic E-state index is 13.9. The van der Waals surface area contributed by atoms with Crippen molar-refractivity contribution in [1.82, 2.24) is 24.3 Å². The van der Waals surface area contributed by atoms with Crippen molar-refractivity contribution in [2.75, 3.05) is 44.6 Å². The third kappa shape index (κ3) is 7.07. The van der Waals surface area contributed by atoms with Crippen molar-refractivity contribution in [1.29, 1.82) is 0 Å². The second-order valence-electron chi connectivity index (χ2n) is 10.3. The molecule has 2 aromatic rings. The Labute approximate surface area is 227 Å². The van der Waals surface area contributed by atoms with Crippen LogP contribution in [-0.2, 0) is 11.3 Å². The van der Waals surface area contributed by atoms with Crippen molar-refractivity contribution in [3.63, 3.8) is 0 Å². The molecule has 0 saturated carbocycles. The Kier molecular flexibility index (Phi) is 9.47. The smallest absolute Gasteiger partial charge is 0.338 e. The average Bonchev–Trinajstić information content (AvgIpc) is 2.86. The molecule has 1 aromatic carbocycles. The number of urea groups is 1. The van der Waals surface area contributed by atoms with Gasteiger partial charge in [-0.3, -0.25) is 19.6 Å². The fourth-order valence-electron chi connectivity index (χ4n) is 4.53. The van der Waals surface area contributed by atoms with E-state index in [1.54, 1.807) is 35.9 Å². The summed E-state index contributed by atoms with van der Waals surface area (Å²) < 4.78 is 15.3. The summed E-state index contributed by atoms with van der Waals surface area (Å²) in [6.07, 6.45) is 1.17. The lowest BCUT2D eigenvalue weighted by Gasteiger charge is -2.37. The zero-order chi connectivity index (χ0) is 26.7. The highest BCUT2D eigenvalue weighted by atomic mass is 35.5. The van der Waals surface area contributed by atoms with Crippen LogP contribution >= 0.6 is 12.4 Å². The maximum Gasteiger partial charge on any atom is 0.354 e. The SMILES string of the molecule is CC(C)(N)C(=O)N1CCN(C(=O)Nc2ccn(-c3ccc(CN4CCC(N)C(F)C4)cc3)c(=O)n2)CC1.Cl. The van der Waals surface area contributed by atoms with Crippen molar-refractivity contribution in [2.24, 2.45) is 11.5 Å². The largest absolute Gasteiger partial charge is 0.354 e. The number of nitrogens with zero attached hydrogens (tertiary/aromatic N) is 5. The molecule has 4 rings (SSSR count). The van der Waals surface area contributed by atoms with Gasteiger partial charge in [0.1, 0.15) is 12.0 Å². The molecule has 0 spiro atoms. The van der Waals surface area contributed by atoms with E-state index in [1.807, 2.05) is 29.2 Å². The van der Waals surface area contributed by atoms with Gasteiger partial charge in [-0.1, -0.05) is 12.1 Å². The lowest BCUT2D eigenvalue weighted by molar-refractivity contribution is -0.137. The van der Waals surface area contributed by atoms with Gasteiger partial charge >= 0.3 is 11.7 Å². The van der Waals surface area contributed by atoms with Crippen LogP contribution < -0.4 is 22.5 Å². The van der Waals surface area contributed by atoms with Gasteiger partial charge in [-0.05, 0) is 44.0 Å². The summed E-state index contributed by atoms with van der Waals surface area (Å²) in [7, 11) is 0. The first kappa shape index (κ1) is 29.5. The topological polar surface area (TPSA) is 143 Å². The Balaban J connectivity index is 0.00000400. The van der Waals surface area contributed by atoms with E-state index in [-0.39, 0.29) is 30.2 Å². The molecule has 2 unspecified atom stereocenters. The summed E-state index contributed by atoms with van der Waals surface area (Å²) in [5.74, 6) is -0.0101. The maximum absolute atomic E-state index is 13.9. The first-order chi connectivity index (χ1) is 17.5. The van der Waals surface area contributed by atoms with E-state index in [1.165, 1.54) is 4.57 Å². The number of nitrogens with one attached hydrogen (secondary N) is 1. The zero-order valence-corrected chi connectivity index (χ0v) is 22.5. The number of piperazine rings is 1.